The van der Waals surface area contributed by atoms with Gasteiger partial charge in [-0.25, -0.2) is 13.0 Å². The Kier molecular flexibility index (Phi) is 8.56. The Labute approximate surface area is 201 Å². The Hall–Kier alpha value is -2.04. The number of nitro benzene ring substituents is 1. The summed E-state index contributed by atoms with van der Waals surface area (Å²) in [5.74, 6) is -0.0992. The Morgan fingerprint density at radius 3 is 2.03 bits per heavy atom. The monoisotopic (exact) mass is 472 g/mol. The number of nitrogens with zero attached hydrogens (tertiary/aromatic N) is 1. The van der Waals surface area contributed by atoms with Crippen LogP contribution in [0.4, 0.5) is 5.69 Å². The van der Waals surface area contributed by atoms with E-state index in [1.807, 2.05) is 30.3 Å². The quantitative estimate of drug-likeness (QED) is 0.223. The molecular weight excluding hydrogens is 454 g/mol. The number of non-ortho nitro benzene ring substituents is 1. The maximum absolute atomic E-state index is 12.4. The summed E-state index contributed by atoms with van der Waals surface area (Å²) >= 11 is 0. The zero-order valence-corrected chi connectivity index (χ0v) is 17.1. The Morgan fingerprint density at radius 1 is 0.935 bits per heavy atom. The van der Waals surface area contributed by atoms with E-state index in [4.69, 9.17) is 4.52 Å². The fraction of sp³-hybridized carbons (Fsp3) is 0.0526. The van der Waals surface area contributed by atoms with Gasteiger partial charge in [-0.3, -0.25) is 10.1 Å². The Bertz CT molecular complexity index is 1190. The van der Waals surface area contributed by atoms with Crippen molar-refractivity contribution in [3.8, 4) is 16.9 Å². The van der Waals surface area contributed by atoms with Crippen LogP contribution in [0.15, 0.2) is 83.8 Å². The molecule has 0 heterocycles. The first-order chi connectivity index (χ1) is 14.2. The van der Waals surface area contributed by atoms with Gasteiger partial charge in [0, 0.05) is 12.1 Å². The first kappa shape index (κ1) is 25.2. The fourth-order valence-electron chi connectivity index (χ4n) is 2.53. The van der Waals surface area contributed by atoms with Crippen LogP contribution in [-0.2, 0) is 14.6 Å². The van der Waals surface area contributed by atoms with E-state index in [0.29, 0.717) is 0 Å². The van der Waals surface area contributed by atoms with Crippen LogP contribution in [0.1, 0.15) is 0 Å². The predicted octanol–water partition coefficient (Wildman–Crippen LogP) is 3.11. The van der Waals surface area contributed by atoms with E-state index in [-0.39, 0.29) is 45.9 Å². The molecule has 12 heteroatoms. The average Bonchev–Trinajstić information content (AvgIpc) is 2.73. The van der Waals surface area contributed by atoms with E-state index >= 15 is 0 Å². The third kappa shape index (κ3) is 6.98. The summed E-state index contributed by atoms with van der Waals surface area (Å²) in [5.41, 5.74) is 1.53. The van der Waals surface area contributed by atoms with Crippen LogP contribution in [0.5, 0.6) is 5.75 Å². The SMILES string of the molecule is O=[N+]([O-])c1ccc(OP(=O)(O)CNS(=O)(=O)c2ccc(-c3ccccc3)cc2)cc1.[NaH]. The van der Waals surface area contributed by atoms with Crippen molar-refractivity contribution in [2.75, 3.05) is 6.29 Å². The first-order valence-electron chi connectivity index (χ1n) is 8.57. The molecule has 3 aromatic rings. The van der Waals surface area contributed by atoms with Crippen LogP contribution in [0, 0.1) is 10.1 Å². The van der Waals surface area contributed by atoms with E-state index in [1.165, 1.54) is 12.1 Å². The molecule has 0 spiro atoms. The molecule has 0 aromatic heterocycles. The number of benzene rings is 3. The van der Waals surface area contributed by atoms with Crippen molar-refractivity contribution in [3.05, 3.63) is 89.0 Å². The molecule has 0 fully saturated rings. The molecule has 1 atom stereocenters. The molecule has 2 N–H and O–H groups in total. The van der Waals surface area contributed by atoms with Gasteiger partial charge in [-0.2, -0.15) is 4.72 Å². The molecule has 158 valence electrons. The number of hydrogen-bond donors (Lipinski definition) is 2. The van der Waals surface area contributed by atoms with Crippen molar-refractivity contribution in [3.63, 3.8) is 0 Å². The van der Waals surface area contributed by atoms with E-state index in [2.05, 4.69) is 4.72 Å². The summed E-state index contributed by atoms with van der Waals surface area (Å²) in [6.45, 7) is 0. The topological polar surface area (TPSA) is 136 Å². The summed E-state index contributed by atoms with van der Waals surface area (Å²) in [4.78, 5) is 19.9. The Balaban J connectivity index is 0.00000341. The third-order valence-electron chi connectivity index (χ3n) is 4.02. The summed E-state index contributed by atoms with van der Waals surface area (Å²) in [7, 11) is -8.44. The van der Waals surface area contributed by atoms with E-state index in [9.17, 15) is 28.0 Å². The van der Waals surface area contributed by atoms with Crippen LogP contribution in [0.2, 0.25) is 0 Å². The number of sulfonamides is 1. The number of rotatable bonds is 8. The molecule has 31 heavy (non-hydrogen) atoms. The first-order valence-corrected chi connectivity index (χ1v) is 11.8. The Morgan fingerprint density at radius 2 is 1.48 bits per heavy atom. The molecule has 0 aliphatic rings. The summed E-state index contributed by atoms with van der Waals surface area (Å²) in [6, 6.07) is 19.9. The van der Waals surface area contributed by atoms with Crippen LogP contribution in [0.3, 0.4) is 0 Å². The van der Waals surface area contributed by atoms with E-state index in [1.54, 1.807) is 12.1 Å². The van der Waals surface area contributed by atoms with Crippen LogP contribution in [0.25, 0.3) is 11.1 Å². The number of nitrogens with one attached hydrogen (secondary N) is 1. The molecule has 0 saturated carbocycles. The van der Waals surface area contributed by atoms with Gasteiger partial charge in [-0.05, 0) is 35.4 Å². The van der Waals surface area contributed by atoms with Crippen LogP contribution in [-0.4, -0.2) is 54.1 Å². The van der Waals surface area contributed by atoms with Crippen molar-refractivity contribution < 1.29 is 27.3 Å². The van der Waals surface area contributed by atoms with Crippen molar-refractivity contribution in [1.82, 2.24) is 4.72 Å². The molecular formula is C19H18N2NaO7PS. The van der Waals surface area contributed by atoms with Gasteiger partial charge in [0.15, 0.2) is 0 Å². The van der Waals surface area contributed by atoms with Crippen molar-refractivity contribution in [2.45, 2.75) is 4.90 Å². The summed E-state index contributed by atoms with van der Waals surface area (Å²) in [6.07, 6.45) is -0.868. The predicted molar refractivity (Wildman–Crippen MR) is 118 cm³/mol. The molecule has 3 rings (SSSR count). The second-order valence-corrected chi connectivity index (χ2v) is 9.72. The standard InChI is InChI=1S/C19H17N2O7PS.Na.H/c22-21(23)17-8-10-18(11-9-17)28-29(24,25)14-20-30(26,27)19-12-6-16(7-13-19)15-4-2-1-3-5-15;;/h1-13,20H,14H2,(H,24,25);;. The van der Waals surface area contributed by atoms with Crippen molar-refractivity contribution >= 4 is 52.9 Å². The normalized spacial score (nSPS) is 12.9. The molecule has 0 aliphatic carbocycles. The summed E-state index contributed by atoms with van der Waals surface area (Å²) in [5, 5.41) is 10.6. The zero-order valence-electron chi connectivity index (χ0n) is 15.4. The minimum atomic E-state index is -4.39. The van der Waals surface area contributed by atoms with Gasteiger partial charge < -0.3 is 9.42 Å². The molecule has 0 aliphatic heterocycles. The van der Waals surface area contributed by atoms with Gasteiger partial charge in [0.2, 0.25) is 10.0 Å². The van der Waals surface area contributed by atoms with Gasteiger partial charge in [0.05, 0.1) is 9.82 Å². The van der Waals surface area contributed by atoms with Gasteiger partial charge in [0.1, 0.15) is 12.0 Å². The summed E-state index contributed by atoms with van der Waals surface area (Å²) < 4.78 is 44.0. The van der Waals surface area contributed by atoms with Crippen molar-refractivity contribution in [1.29, 1.82) is 0 Å². The van der Waals surface area contributed by atoms with Gasteiger partial charge in [-0.15, -0.1) is 0 Å². The number of nitro groups is 1. The zero-order chi connectivity index (χ0) is 21.8. The van der Waals surface area contributed by atoms with Crippen LogP contribution < -0.4 is 9.25 Å². The van der Waals surface area contributed by atoms with Gasteiger partial charge >= 0.3 is 37.2 Å². The van der Waals surface area contributed by atoms with Gasteiger partial charge in [-0.1, -0.05) is 42.5 Å². The molecule has 0 saturated heterocycles. The molecule has 0 bridgehead atoms. The van der Waals surface area contributed by atoms with Gasteiger partial charge in [0.25, 0.3) is 5.69 Å². The maximum atomic E-state index is 12.4. The molecule has 1 unspecified atom stereocenters. The fourth-order valence-corrected chi connectivity index (χ4v) is 5.04. The van der Waals surface area contributed by atoms with E-state index < -0.39 is 28.8 Å². The average molecular weight is 472 g/mol. The molecule has 0 amide bonds. The third-order valence-corrected chi connectivity index (χ3v) is 6.71. The molecule has 0 radical (unpaired) electrons. The van der Waals surface area contributed by atoms with Crippen molar-refractivity contribution in [2.24, 2.45) is 0 Å². The second kappa shape index (κ2) is 10.5. The van der Waals surface area contributed by atoms with Crippen LogP contribution >= 0.6 is 7.60 Å². The second-order valence-electron chi connectivity index (χ2n) is 6.18. The van der Waals surface area contributed by atoms with E-state index in [0.717, 1.165) is 35.4 Å². The molecule has 9 nitrogen and oxygen atoms in total. The minimum absolute atomic E-state index is 0. The molecule has 3 aromatic carbocycles. The number of hydrogen-bond acceptors (Lipinski definition) is 6.